The Morgan fingerprint density at radius 3 is 0.976 bits per heavy atom. The van der Waals surface area contributed by atoms with Gasteiger partial charge in [-0.3, -0.25) is 9.80 Å². The molecule has 0 atom stereocenters. The number of ether oxygens (including phenoxy) is 8. The van der Waals surface area contributed by atoms with E-state index < -0.39 is 0 Å². The summed E-state index contributed by atoms with van der Waals surface area (Å²) in [6, 6.07) is 15.4. The molecule has 0 saturated heterocycles. The minimum atomic E-state index is 0.487. The van der Waals surface area contributed by atoms with Crippen LogP contribution in [-0.4, -0.2) is 128 Å². The van der Waals surface area contributed by atoms with Gasteiger partial charge in [0, 0.05) is 26.2 Å². The number of hydrogen-bond acceptors (Lipinski definition) is 10. The van der Waals surface area contributed by atoms with Crippen LogP contribution in [0.15, 0.2) is 48.5 Å². The summed E-state index contributed by atoms with van der Waals surface area (Å²) in [5.74, 6) is 2.94. The van der Waals surface area contributed by atoms with Gasteiger partial charge in [-0.05, 0) is 43.8 Å². The average Bonchev–Trinajstić information content (AvgIpc) is 3.01. The molecule has 4 rings (SSSR count). The fourth-order valence-electron chi connectivity index (χ4n) is 4.59. The third kappa shape index (κ3) is 12.4. The van der Waals surface area contributed by atoms with Crippen LogP contribution in [-0.2, 0) is 18.9 Å². The monoisotopic (exact) mass is 574 g/mol. The molecular weight excluding hydrogens is 528 g/mol. The first-order chi connectivity index (χ1) is 20.4. The van der Waals surface area contributed by atoms with E-state index in [2.05, 4.69) is 9.80 Å². The van der Waals surface area contributed by atoms with Gasteiger partial charge in [0.2, 0.25) is 0 Å². The van der Waals surface area contributed by atoms with E-state index in [9.17, 15) is 0 Å². The highest BCUT2D eigenvalue weighted by Crippen LogP contribution is 2.27. The molecule has 10 heteroatoms. The fourth-order valence-corrected chi connectivity index (χ4v) is 4.59. The molecule has 228 valence electrons. The summed E-state index contributed by atoms with van der Waals surface area (Å²) in [4.78, 5) is 4.81. The largest absolute Gasteiger partial charge is 0.487 e. The second-order valence-corrected chi connectivity index (χ2v) is 9.77. The summed E-state index contributed by atoms with van der Waals surface area (Å²) >= 11 is 0. The average molecular weight is 575 g/mol. The van der Waals surface area contributed by atoms with Crippen LogP contribution in [0.2, 0.25) is 0 Å². The van der Waals surface area contributed by atoms with Gasteiger partial charge < -0.3 is 37.9 Å². The highest BCUT2D eigenvalue weighted by molar-refractivity contribution is 5.40. The lowest BCUT2D eigenvalue weighted by molar-refractivity contribution is 0.0508. The summed E-state index contributed by atoms with van der Waals surface area (Å²) in [6.45, 7) is 12.0. The Balaban J connectivity index is 1.18. The number of nitrogens with zero attached hydrogens (tertiary/aromatic N) is 2. The first-order valence-electron chi connectivity index (χ1n) is 14.8. The van der Waals surface area contributed by atoms with Crippen molar-refractivity contribution in [1.82, 2.24) is 9.80 Å². The van der Waals surface area contributed by atoms with Crippen LogP contribution in [0.3, 0.4) is 0 Å². The lowest BCUT2D eigenvalue weighted by atomic mass is 10.3. The van der Waals surface area contributed by atoms with Gasteiger partial charge in [-0.1, -0.05) is 24.3 Å². The zero-order chi connectivity index (χ0) is 28.2. The number of fused-ring (bicyclic) bond motifs is 2. The van der Waals surface area contributed by atoms with Gasteiger partial charge in [-0.2, -0.15) is 0 Å². The quantitative estimate of drug-likeness (QED) is 0.544. The first-order valence-corrected chi connectivity index (χ1v) is 14.8. The Bertz CT molecular complexity index is 820. The Labute approximate surface area is 244 Å². The third-order valence-corrected chi connectivity index (χ3v) is 6.80. The molecule has 0 saturated carbocycles. The fraction of sp³-hybridized carbons (Fsp3) is 0.613. The highest BCUT2D eigenvalue weighted by Gasteiger charge is 2.11. The molecule has 0 aliphatic carbocycles. The first kappa shape index (κ1) is 31.3. The molecule has 0 fully saturated rings. The van der Waals surface area contributed by atoms with E-state index in [0.29, 0.717) is 79.3 Å². The van der Waals surface area contributed by atoms with Gasteiger partial charge in [0.15, 0.2) is 23.0 Å². The molecule has 41 heavy (non-hydrogen) atoms. The molecule has 2 aliphatic heterocycles. The molecule has 0 aromatic heterocycles. The Kier molecular flexibility index (Phi) is 14.9. The maximum absolute atomic E-state index is 5.87. The molecule has 0 spiro atoms. The zero-order valence-electron chi connectivity index (χ0n) is 24.2. The van der Waals surface area contributed by atoms with E-state index in [1.165, 1.54) is 0 Å². The number of para-hydroxylation sites is 4. The summed E-state index contributed by atoms with van der Waals surface area (Å²) in [6.07, 6.45) is 1.03. The molecule has 0 amide bonds. The molecule has 10 nitrogen and oxygen atoms in total. The van der Waals surface area contributed by atoms with E-state index in [-0.39, 0.29) is 0 Å². The standard InChI is InChI=1S/C31H46N2O8/c1-2-7-29-28(6-1)38-24-20-34-16-12-32(13-17-35-21-25-39-29)10-5-11-33-14-18-36-22-26-40-30-8-3-4-9-31(30)41-27-23-37-19-15-33/h1-4,6-9H,5,10-27H2. The van der Waals surface area contributed by atoms with E-state index in [1.54, 1.807) is 0 Å². The van der Waals surface area contributed by atoms with Crippen LogP contribution in [0.5, 0.6) is 23.0 Å². The van der Waals surface area contributed by atoms with Crippen molar-refractivity contribution in [2.24, 2.45) is 0 Å². The minimum Gasteiger partial charge on any atom is -0.487 e. The van der Waals surface area contributed by atoms with Gasteiger partial charge in [-0.25, -0.2) is 0 Å². The van der Waals surface area contributed by atoms with Gasteiger partial charge in [-0.15, -0.1) is 0 Å². The van der Waals surface area contributed by atoms with Crippen molar-refractivity contribution in [1.29, 1.82) is 0 Å². The molecule has 0 N–H and O–H groups in total. The molecule has 0 bridgehead atoms. The molecule has 2 heterocycles. The molecule has 2 aromatic rings. The molecule has 0 unspecified atom stereocenters. The topological polar surface area (TPSA) is 80.3 Å². The Morgan fingerprint density at radius 2 is 0.683 bits per heavy atom. The van der Waals surface area contributed by atoms with E-state index in [1.807, 2.05) is 48.5 Å². The SMILES string of the molecule is c1ccc2c(c1)OCCOCCN(CCCN1CCOCCOc3ccccc3OCCOCC1)CCOCCO2. The lowest BCUT2D eigenvalue weighted by Crippen LogP contribution is -2.37. The second kappa shape index (κ2) is 19.5. The van der Waals surface area contributed by atoms with Crippen molar-refractivity contribution in [3.05, 3.63) is 48.5 Å². The summed E-state index contributed by atoms with van der Waals surface area (Å²) in [7, 11) is 0. The van der Waals surface area contributed by atoms with Crippen molar-refractivity contribution >= 4 is 0 Å². The summed E-state index contributed by atoms with van der Waals surface area (Å²) < 4.78 is 46.9. The molecule has 2 aliphatic rings. The van der Waals surface area contributed by atoms with Crippen LogP contribution in [0.1, 0.15) is 6.42 Å². The minimum absolute atomic E-state index is 0.487. The predicted molar refractivity (Wildman–Crippen MR) is 156 cm³/mol. The number of rotatable bonds is 4. The maximum atomic E-state index is 5.87. The zero-order valence-corrected chi connectivity index (χ0v) is 24.2. The Morgan fingerprint density at radius 1 is 0.390 bits per heavy atom. The van der Waals surface area contributed by atoms with Crippen LogP contribution in [0.25, 0.3) is 0 Å². The van der Waals surface area contributed by atoms with Gasteiger partial charge in [0.25, 0.3) is 0 Å². The maximum Gasteiger partial charge on any atom is 0.161 e. The number of hydrogen-bond donors (Lipinski definition) is 0. The number of benzene rings is 2. The van der Waals surface area contributed by atoms with E-state index in [0.717, 1.165) is 68.7 Å². The predicted octanol–water partition coefficient (Wildman–Crippen LogP) is 2.99. The van der Waals surface area contributed by atoms with Crippen molar-refractivity contribution in [3.63, 3.8) is 0 Å². The summed E-state index contributed by atoms with van der Waals surface area (Å²) in [5, 5.41) is 0. The highest BCUT2D eigenvalue weighted by atomic mass is 16.6. The summed E-state index contributed by atoms with van der Waals surface area (Å²) in [5.41, 5.74) is 0. The molecule has 2 aromatic carbocycles. The lowest BCUT2D eigenvalue weighted by Gasteiger charge is -2.26. The smallest absolute Gasteiger partial charge is 0.161 e. The van der Waals surface area contributed by atoms with Gasteiger partial charge in [0.1, 0.15) is 26.4 Å². The van der Waals surface area contributed by atoms with Gasteiger partial charge >= 0.3 is 0 Å². The van der Waals surface area contributed by atoms with Crippen LogP contribution in [0.4, 0.5) is 0 Å². The molecule has 0 radical (unpaired) electrons. The normalized spacial score (nSPS) is 20.1. The van der Waals surface area contributed by atoms with Crippen LogP contribution in [0, 0.1) is 0 Å². The Hall–Kier alpha value is -2.60. The van der Waals surface area contributed by atoms with Gasteiger partial charge in [0.05, 0.1) is 52.9 Å². The van der Waals surface area contributed by atoms with Crippen molar-refractivity contribution in [3.8, 4) is 23.0 Å². The van der Waals surface area contributed by atoms with Crippen molar-refractivity contribution in [2.75, 3.05) is 119 Å². The van der Waals surface area contributed by atoms with Crippen LogP contribution >= 0.6 is 0 Å². The third-order valence-electron chi connectivity index (χ3n) is 6.80. The van der Waals surface area contributed by atoms with Crippen LogP contribution < -0.4 is 18.9 Å². The van der Waals surface area contributed by atoms with E-state index >= 15 is 0 Å². The van der Waals surface area contributed by atoms with Crippen molar-refractivity contribution < 1.29 is 37.9 Å². The second-order valence-electron chi connectivity index (χ2n) is 9.77. The molecular formula is C31H46N2O8. The van der Waals surface area contributed by atoms with E-state index in [4.69, 9.17) is 37.9 Å². The van der Waals surface area contributed by atoms with Crippen molar-refractivity contribution in [2.45, 2.75) is 6.42 Å².